The van der Waals surface area contributed by atoms with Crippen LogP contribution >= 0.6 is 0 Å². The fourth-order valence-electron chi connectivity index (χ4n) is 2.09. The zero-order valence-electron chi connectivity index (χ0n) is 12.2. The Hall–Kier alpha value is -1.66. The molecule has 2 heterocycles. The van der Waals surface area contributed by atoms with Crippen LogP contribution in [0, 0.1) is 0 Å². The largest absolute Gasteiger partial charge is 0.373 e. The molecule has 110 valence electrons. The highest BCUT2D eigenvalue weighted by atomic mass is 16.5. The van der Waals surface area contributed by atoms with E-state index in [0.29, 0.717) is 12.1 Å². The molecule has 1 aromatic rings. The van der Waals surface area contributed by atoms with E-state index in [1.54, 1.807) is 6.20 Å². The highest BCUT2D eigenvalue weighted by Gasteiger charge is 2.19. The Kier molecular flexibility index (Phi) is 5.31. The molecule has 1 aromatic heterocycles. The Balaban J connectivity index is 1.88. The van der Waals surface area contributed by atoms with E-state index in [-0.39, 0.29) is 5.91 Å². The van der Waals surface area contributed by atoms with Crippen LogP contribution < -0.4 is 20.1 Å². The highest BCUT2D eigenvalue weighted by molar-refractivity contribution is 5.93. The molecule has 6 heteroatoms. The van der Waals surface area contributed by atoms with Gasteiger partial charge in [-0.2, -0.15) is 0 Å². The van der Waals surface area contributed by atoms with E-state index in [1.165, 1.54) is 4.90 Å². The minimum absolute atomic E-state index is 0.0315. The number of aromatic amines is 1. The molecule has 1 aliphatic rings. The van der Waals surface area contributed by atoms with Gasteiger partial charge >= 0.3 is 0 Å². The van der Waals surface area contributed by atoms with E-state index in [1.807, 2.05) is 12.1 Å². The topological polar surface area (TPSA) is 60.2 Å². The van der Waals surface area contributed by atoms with E-state index in [9.17, 15) is 4.79 Å². The van der Waals surface area contributed by atoms with Crippen LogP contribution in [0.4, 0.5) is 5.82 Å². The van der Waals surface area contributed by atoms with Crippen molar-refractivity contribution in [3.05, 3.63) is 23.9 Å². The summed E-state index contributed by atoms with van der Waals surface area (Å²) in [6.45, 7) is 4.88. The molecule has 2 rings (SSSR count). The van der Waals surface area contributed by atoms with Gasteiger partial charge in [-0.15, -0.1) is 0 Å². The lowest BCUT2D eigenvalue weighted by Gasteiger charge is -2.21. The van der Waals surface area contributed by atoms with Crippen molar-refractivity contribution in [3.63, 3.8) is 0 Å². The second-order valence-electron chi connectivity index (χ2n) is 5.28. The maximum absolute atomic E-state index is 11.9. The van der Waals surface area contributed by atoms with Crippen LogP contribution in [-0.4, -0.2) is 59.4 Å². The van der Waals surface area contributed by atoms with E-state index >= 15 is 0 Å². The van der Waals surface area contributed by atoms with E-state index in [2.05, 4.69) is 29.3 Å². The van der Waals surface area contributed by atoms with Crippen molar-refractivity contribution in [2.24, 2.45) is 0 Å². The molecule has 0 atom stereocenters. The Morgan fingerprint density at radius 1 is 1.40 bits per heavy atom. The van der Waals surface area contributed by atoms with Crippen molar-refractivity contribution in [2.75, 3.05) is 58.4 Å². The number of morpholine rings is 1. The molecule has 0 aliphatic carbocycles. The number of H-pyrrole nitrogens is 1. The summed E-state index contributed by atoms with van der Waals surface area (Å²) in [5, 5.41) is 2.92. The second-order valence-corrected chi connectivity index (χ2v) is 5.28. The Labute approximate surface area is 119 Å². The SMILES string of the molecule is C[NH+](C)CCNC(=O)c1ccc(N2CCOCC2)[nH+]c1. The predicted octanol–water partition coefficient (Wildman–Crippen LogP) is -1.79. The number of carbonyl (C=O) groups is 1. The van der Waals surface area contributed by atoms with Gasteiger partial charge < -0.3 is 15.0 Å². The molecule has 20 heavy (non-hydrogen) atoms. The summed E-state index contributed by atoms with van der Waals surface area (Å²) in [4.78, 5) is 18.7. The maximum Gasteiger partial charge on any atom is 0.274 e. The van der Waals surface area contributed by atoms with Gasteiger partial charge in [0.05, 0.1) is 46.0 Å². The first-order valence-corrected chi connectivity index (χ1v) is 7.08. The molecule has 1 amide bonds. The van der Waals surface area contributed by atoms with Crippen LogP contribution in [-0.2, 0) is 4.74 Å². The van der Waals surface area contributed by atoms with Gasteiger partial charge in [-0.05, 0) is 6.07 Å². The summed E-state index contributed by atoms with van der Waals surface area (Å²) in [6.07, 6.45) is 1.77. The van der Waals surface area contributed by atoms with Crippen LogP contribution in [0.15, 0.2) is 18.3 Å². The van der Waals surface area contributed by atoms with Crippen molar-refractivity contribution < 1.29 is 19.4 Å². The zero-order chi connectivity index (χ0) is 14.4. The van der Waals surface area contributed by atoms with Crippen LogP contribution in [0.3, 0.4) is 0 Å². The molecule has 6 nitrogen and oxygen atoms in total. The molecule has 0 spiro atoms. The summed E-state index contributed by atoms with van der Waals surface area (Å²) >= 11 is 0. The average Bonchev–Trinajstić information content (AvgIpc) is 2.48. The lowest BCUT2D eigenvalue weighted by Crippen LogP contribution is -3.06. The lowest BCUT2D eigenvalue weighted by molar-refractivity contribution is -0.856. The third kappa shape index (κ3) is 4.18. The van der Waals surface area contributed by atoms with Crippen LogP contribution in [0.2, 0.25) is 0 Å². The molecule has 0 radical (unpaired) electrons. The minimum atomic E-state index is -0.0315. The van der Waals surface area contributed by atoms with Gasteiger partial charge in [0.2, 0.25) is 0 Å². The Morgan fingerprint density at radius 2 is 2.15 bits per heavy atom. The molecule has 1 fully saturated rings. The van der Waals surface area contributed by atoms with E-state index in [0.717, 1.165) is 38.7 Å². The molecule has 0 aromatic carbocycles. The maximum atomic E-state index is 11.9. The fraction of sp³-hybridized carbons (Fsp3) is 0.571. The smallest absolute Gasteiger partial charge is 0.274 e. The summed E-state index contributed by atoms with van der Waals surface area (Å²) < 4.78 is 5.33. The van der Waals surface area contributed by atoms with Crippen LogP contribution in [0.25, 0.3) is 0 Å². The van der Waals surface area contributed by atoms with Crippen molar-refractivity contribution in [3.8, 4) is 0 Å². The first kappa shape index (κ1) is 14.7. The van der Waals surface area contributed by atoms with Crippen molar-refractivity contribution in [1.82, 2.24) is 5.32 Å². The quantitative estimate of drug-likeness (QED) is 0.670. The summed E-state index contributed by atoms with van der Waals surface area (Å²) in [6, 6.07) is 3.82. The van der Waals surface area contributed by atoms with Gasteiger partial charge in [0, 0.05) is 6.07 Å². The highest BCUT2D eigenvalue weighted by Crippen LogP contribution is 2.09. The summed E-state index contributed by atoms with van der Waals surface area (Å²) in [5.41, 5.74) is 0.663. The van der Waals surface area contributed by atoms with Gasteiger partial charge in [0.25, 0.3) is 11.7 Å². The Morgan fingerprint density at radius 3 is 2.75 bits per heavy atom. The number of hydrogen-bond acceptors (Lipinski definition) is 3. The third-order valence-electron chi connectivity index (χ3n) is 3.32. The number of carbonyl (C=O) groups excluding carboxylic acids is 1. The monoisotopic (exact) mass is 280 g/mol. The fourth-order valence-corrected chi connectivity index (χ4v) is 2.09. The summed E-state index contributed by atoms with van der Waals surface area (Å²) in [5.74, 6) is 0.999. The number of amides is 1. The molecular formula is C14H24N4O2+2. The van der Waals surface area contributed by atoms with Gasteiger partial charge in [0.15, 0.2) is 0 Å². The standard InChI is InChI=1S/C14H22N4O2/c1-17(2)6-5-15-14(19)12-3-4-13(16-11-12)18-7-9-20-10-8-18/h3-4,11H,5-10H2,1-2H3,(H,15,19)/p+2. The van der Waals surface area contributed by atoms with Crippen LogP contribution in [0.1, 0.15) is 10.4 Å². The third-order valence-corrected chi connectivity index (χ3v) is 3.32. The molecule has 0 unspecified atom stereocenters. The van der Waals surface area contributed by atoms with Gasteiger partial charge in [-0.1, -0.05) is 0 Å². The number of quaternary nitrogens is 1. The predicted molar refractivity (Wildman–Crippen MR) is 76.0 cm³/mol. The molecule has 1 aliphatic heterocycles. The number of pyridine rings is 1. The minimum Gasteiger partial charge on any atom is -0.373 e. The second kappa shape index (κ2) is 7.21. The lowest BCUT2D eigenvalue weighted by atomic mass is 10.2. The number of hydrogen-bond donors (Lipinski definition) is 2. The van der Waals surface area contributed by atoms with Gasteiger partial charge in [0.1, 0.15) is 19.3 Å². The van der Waals surface area contributed by atoms with E-state index < -0.39 is 0 Å². The number of likely N-dealkylation sites (N-methyl/N-ethyl adjacent to an activating group) is 1. The molecule has 3 N–H and O–H groups in total. The number of ether oxygens (including phenoxy) is 1. The van der Waals surface area contributed by atoms with Crippen molar-refractivity contribution >= 4 is 11.7 Å². The summed E-state index contributed by atoms with van der Waals surface area (Å²) in [7, 11) is 4.13. The van der Waals surface area contributed by atoms with Crippen molar-refractivity contribution in [2.45, 2.75) is 0 Å². The van der Waals surface area contributed by atoms with E-state index in [4.69, 9.17) is 4.74 Å². The number of aromatic nitrogens is 1. The number of rotatable bonds is 5. The first-order valence-electron chi connectivity index (χ1n) is 7.08. The molecule has 1 saturated heterocycles. The molecule has 0 saturated carbocycles. The number of nitrogens with zero attached hydrogens (tertiary/aromatic N) is 1. The Bertz CT molecular complexity index is 427. The van der Waals surface area contributed by atoms with Crippen molar-refractivity contribution in [1.29, 1.82) is 0 Å². The van der Waals surface area contributed by atoms with Crippen LogP contribution in [0.5, 0.6) is 0 Å². The first-order chi connectivity index (χ1) is 9.66. The normalized spacial score (nSPS) is 15.4. The zero-order valence-corrected chi connectivity index (χ0v) is 12.2. The average molecular weight is 280 g/mol. The molecule has 0 bridgehead atoms. The number of anilines is 1. The number of nitrogens with one attached hydrogen (secondary N) is 3. The van der Waals surface area contributed by atoms with Gasteiger partial charge in [-0.25, -0.2) is 4.98 Å². The van der Waals surface area contributed by atoms with Gasteiger partial charge in [-0.3, -0.25) is 9.69 Å². The molecular weight excluding hydrogens is 256 g/mol.